The second-order valence-electron chi connectivity index (χ2n) is 5.66. The van der Waals surface area contributed by atoms with Gasteiger partial charge in [0.25, 0.3) is 0 Å². The van der Waals surface area contributed by atoms with E-state index < -0.39 is 0 Å². The first-order valence-corrected chi connectivity index (χ1v) is 7.32. The van der Waals surface area contributed by atoms with Gasteiger partial charge in [0.1, 0.15) is 0 Å². The van der Waals surface area contributed by atoms with Gasteiger partial charge in [-0.3, -0.25) is 4.79 Å². The van der Waals surface area contributed by atoms with Crippen molar-refractivity contribution in [2.75, 3.05) is 20.3 Å². The van der Waals surface area contributed by atoms with Crippen LogP contribution in [0.1, 0.15) is 44.9 Å². The van der Waals surface area contributed by atoms with E-state index in [0.717, 1.165) is 38.9 Å². The molecule has 0 unspecified atom stereocenters. The molecule has 4 heteroatoms. The van der Waals surface area contributed by atoms with E-state index in [9.17, 15) is 4.79 Å². The van der Waals surface area contributed by atoms with Gasteiger partial charge in [0, 0.05) is 31.7 Å². The molecule has 18 heavy (non-hydrogen) atoms. The molecule has 2 fully saturated rings. The quantitative estimate of drug-likeness (QED) is 0.798. The maximum atomic E-state index is 12.0. The van der Waals surface area contributed by atoms with Gasteiger partial charge in [-0.25, -0.2) is 0 Å². The van der Waals surface area contributed by atoms with E-state index in [0.29, 0.717) is 24.4 Å². The van der Waals surface area contributed by atoms with E-state index in [1.807, 2.05) is 7.05 Å². The Morgan fingerprint density at radius 1 is 1.06 bits per heavy atom. The van der Waals surface area contributed by atoms with Gasteiger partial charge < -0.3 is 15.4 Å². The number of rotatable bonds is 4. The number of hydrogen-bond donors (Lipinski definition) is 2. The fraction of sp³-hybridized carbons (Fsp3) is 0.929. The minimum Gasteiger partial charge on any atom is -0.381 e. The van der Waals surface area contributed by atoms with Crippen molar-refractivity contribution < 1.29 is 9.53 Å². The summed E-state index contributed by atoms with van der Waals surface area (Å²) in [5.41, 5.74) is 0. The number of carbonyl (C=O) groups is 1. The van der Waals surface area contributed by atoms with E-state index in [4.69, 9.17) is 4.74 Å². The highest BCUT2D eigenvalue weighted by molar-refractivity contribution is 5.76. The van der Waals surface area contributed by atoms with Crippen LogP contribution in [0.15, 0.2) is 0 Å². The standard InChI is InChI=1S/C14H26N2O2/c1-15-12-2-4-13(5-3-12)16-14(17)10-11-6-8-18-9-7-11/h11-13,15H,2-10H2,1H3,(H,16,17). The van der Waals surface area contributed by atoms with Crippen molar-refractivity contribution in [1.29, 1.82) is 0 Å². The Morgan fingerprint density at radius 3 is 2.28 bits per heavy atom. The lowest BCUT2D eigenvalue weighted by Crippen LogP contribution is -2.42. The predicted molar refractivity (Wildman–Crippen MR) is 71.4 cm³/mol. The molecule has 1 heterocycles. The Hall–Kier alpha value is -0.610. The zero-order valence-corrected chi connectivity index (χ0v) is 11.4. The first-order chi connectivity index (χ1) is 8.78. The van der Waals surface area contributed by atoms with E-state index in [-0.39, 0.29) is 5.91 Å². The molecule has 1 aliphatic heterocycles. The molecule has 2 rings (SSSR count). The minimum absolute atomic E-state index is 0.245. The lowest BCUT2D eigenvalue weighted by Gasteiger charge is -2.29. The zero-order chi connectivity index (χ0) is 12.8. The summed E-state index contributed by atoms with van der Waals surface area (Å²) in [6.45, 7) is 1.65. The molecule has 1 saturated carbocycles. The van der Waals surface area contributed by atoms with Crippen molar-refractivity contribution in [1.82, 2.24) is 10.6 Å². The van der Waals surface area contributed by atoms with Crippen molar-refractivity contribution >= 4 is 5.91 Å². The molecule has 0 aromatic heterocycles. The fourth-order valence-electron chi connectivity index (χ4n) is 3.03. The lowest BCUT2D eigenvalue weighted by atomic mass is 9.90. The van der Waals surface area contributed by atoms with Crippen LogP contribution in [0.2, 0.25) is 0 Å². The van der Waals surface area contributed by atoms with Crippen LogP contribution in [0.25, 0.3) is 0 Å². The second kappa shape index (κ2) is 7.10. The second-order valence-corrected chi connectivity index (χ2v) is 5.66. The summed E-state index contributed by atoms with van der Waals surface area (Å²) in [7, 11) is 2.02. The summed E-state index contributed by atoms with van der Waals surface area (Å²) in [5.74, 6) is 0.780. The fourth-order valence-corrected chi connectivity index (χ4v) is 3.03. The van der Waals surface area contributed by atoms with Crippen molar-refractivity contribution in [2.24, 2.45) is 5.92 Å². The molecule has 2 aliphatic rings. The smallest absolute Gasteiger partial charge is 0.220 e. The summed E-state index contributed by atoms with van der Waals surface area (Å²) >= 11 is 0. The van der Waals surface area contributed by atoms with Gasteiger partial charge in [-0.1, -0.05) is 0 Å². The molecule has 0 radical (unpaired) electrons. The highest BCUT2D eigenvalue weighted by Gasteiger charge is 2.23. The van der Waals surface area contributed by atoms with Crippen LogP contribution in [0.5, 0.6) is 0 Å². The maximum absolute atomic E-state index is 12.0. The summed E-state index contributed by atoms with van der Waals surface area (Å²) in [4.78, 5) is 12.0. The average Bonchev–Trinajstić information content (AvgIpc) is 2.40. The van der Waals surface area contributed by atoms with Crippen LogP contribution in [0.4, 0.5) is 0 Å². The van der Waals surface area contributed by atoms with Crippen LogP contribution in [0, 0.1) is 5.92 Å². The number of ether oxygens (including phenoxy) is 1. The van der Waals surface area contributed by atoms with Crippen molar-refractivity contribution in [3.05, 3.63) is 0 Å². The summed E-state index contributed by atoms with van der Waals surface area (Å²) in [6, 6.07) is 1.05. The monoisotopic (exact) mass is 254 g/mol. The van der Waals surface area contributed by atoms with E-state index >= 15 is 0 Å². The number of hydrogen-bond acceptors (Lipinski definition) is 3. The Labute approximate surface area is 110 Å². The average molecular weight is 254 g/mol. The molecule has 0 spiro atoms. The highest BCUT2D eigenvalue weighted by Crippen LogP contribution is 2.21. The molecule has 2 N–H and O–H groups in total. The van der Waals surface area contributed by atoms with Gasteiger partial charge in [-0.2, -0.15) is 0 Å². The molecule has 104 valence electrons. The van der Waals surface area contributed by atoms with Gasteiger partial charge in [0.2, 0.25) is 5.91 Å². The van der Waals surface area contributed by atoms with E-state index in [1.165, 1.54) is 12.8 Å². The number of nitrogens with one attached hydrogen (secondary N) is 2. The number of amides is 1. The third kappa shape index (κ3) is 4.25. The Bertz CT molecular complexity index is 257. The van der Waals surface area contributed by atoms with Gasteiger partial charge in [0.15, 0.2) is 0 Å². The molecule has 1 aliphatic carbocycles. The molecule has 0 aromatic carbocycles. The molecule has 4 nitrogen and oxygen atoms in total. The third-order valence-electron chi connectivity index (χ3n) is 4.32. The molecular weight excluding hydrogens is 228 g/mol. The van der Waals surface area contributed by atoms with Crippen LogP contribution in [-0.4, -0.2) is 38.3 Å². The topological polar surface area (TPSA) is 50.4 Å². The normalized spacial score (nSPS) is 30.1. The summed E-state index contributed by atoms with van der Waals surface area (Å²) < 4.78 is 5.32. The lowest BCUT2D eigenvalue weighted by molar-refractivity contribution is -0.123. The van der Waals surface area contributed by atoms with Gasteiger partial charge in [-0.05, 0) is 51.5 Å². The van der Waals surface area contributed by atoms with Crippen LogP contribution in [0.3, 0.4) is 0 Å². The van der Waals surface area contributed by atoms with Gasteiger partial charge in [0.05, 0.1) is 0 Å². The van der Waals surface area contributed by atoms with Crippen LogP contribution in [-0.2, 0) is 9.53 Å². The zero-order valence-electron chi connectivity index (χ0n) is 11.4. The van der Waals surface area contributed by atoms with Crippen molar-refractivity contribution in [3.8, 4) is 0 Å². The Balaban J connectivity index is 1.65. The first kappa shape index (κ1) is 13.8. The van der Waals surface area contributed by atoms with Crippen molar-refractivity contribution in [3.63, 3.8) is 0 Å². The van der Waals surface area contributed by atoms with E-state index in [2.05, 4.69) is 10.6 Å². The molecule has 0 bridgehead atoms. The molecule has 0 atom stereocenters. The summed E-state index contributed by atoms with van der Waals surface area (Å²) in [6.07, 6.45) is 7.36. The molecule has 1 saturated heterocycles. The van der Waals surface area contributed by atoms with Crippen molar-refractivity contribution in [2.45, 2.75) is 57.0 Å². The SMILES string of the molecule is CNC1CCC(NC(=O)CC2CCOCC2)CC1. The largest absolute Gasteiger partial charge is 0.381 e. The Morgan fingerprint density at radius 2 is 1.67 bits per heavy atom. The third-order valence-corrected chi connectivity index (χ3v) is 4.32. The van der Waals surface area contributed by atoms with E-state index in [1.54, 1.807) is 0 Å². The maximum Gasteiger partial charge on any atom is 0.220 e. The molecule has 1 amide bonds. The highest BCUT2D eigenvalue weighted by atomic mass is 16.5. The molecule has 0 aromatic rings. The van der Waals surface area contributed by atoms with Gasteiger partial charge >= 0.3 is 0 Å². The first-order valence-electron chi connectivity index (χ1n) is 7.32. The summed E-state index contributed by atoms with van der Waals surface area (Å²) in [5, 5.41) is 6.52. The Kier molecular flexibility index (Phi) is 5.45. The molecular formula is C14H26N2O2. The number of carbonyl (C=O) groups excluding carboxylic acids is 1. The predicted octanol–water partition coefficient (Wildman–Crippen LogP) is 1.45. The van der Waals surface area contributed by atoms with Gasteiger partial charge in [-0.15, -0.1) is 0 Å². The van der Waals surface area contributed by atoms with Crippen LogP contribution < -0.4 is 10.6 Å². The van der Waals surface area contributed by atoms with Crippen LogP contribution >= 0.6 is 0 Å². The minimum atomic E-state index is 0.245.